The number of hydrogen-bond acceptors (Lipinski definition) is 4. The summed E-state index contributed by atoms with van der Waals surface area (Å²) in [5.74, 6) is -0.972. The van der Waals surface area contributed by atoms with Gasteiger partial charge in [0.25, 0.3) is 0 Å². The molecular weight excluding hydrogens is 268 g/mol. The Morgan fingerprint density at radius 2 is 1.86 bits per heavy atom. The fourth-order valence-corrected chi connectivity index (χ4v) is 1.69. The van der Waals surface area contributed by atoms with Crippen molar-refractivity contribution in [3.8, 4) is 0 Å². The number of azo groups is 1. The van der Waals surface area contributed by atoms with Crippen LogP contribution in [0.3, 0.4) is 0 Å². The summed E-state index contributed by atoms with van der Waals surface area (Å²) in [6.45, 7) is 0.371. The van der Waals surface area contributed by atoms with E-state index in [2.05, 4.69) is 10.2 Å². The summed E-state index contributed by atoms with van der Waals surface area (Å²) < 4.78 is 0. The van der Waals surface area contributed by atoms with E-state index in [1.54, 1.807) is 24.3 Å². The van der Waals surface area contributed by atoms with Crippen molar-refractivity contribution < 1.29 is 9.90 Å². The lowest BCUT2D eigenvalue weighted by atomic mass is 10.1. The van der Waals surface area contributed by atoms with E-state index in [0.29, 0.717) is 17.8 Å². The molecule has 0 spiro atoms. The second-order valence-electron chi connectivity index (χ2n) is 4.37. The standard InChI is InChI=1S/C15H14N4O2/c16-14(17)11-6-4-10(5-7-11)9-18-19-13-3-1-2-12(8-13)15(20)21/h1-8H,9H2,(H3,16,17)(H,20,21). The SMILES string of the molecule is N=C(N)c1ccc(CN=Nc2cccc(C(=O)O)c2)cc1. The van der Waals surface area contributed by atoms with E-state index in [4.69, 9.17) is 16.2 Å². The first kappa shape index (κ1) is 14.4. The first-order valence-electron chi connectivity index (χ1n) is 6.20. The molecule has 0 saturated carbocycles. The van der Waals surface area contributed by atoms with E-state index in [1.165, 1.54) is 12.1 Å². The van der Waals surface area contributed by atoms with Gasteiger partial charge in [-0.25, -0.2) is 4.79 Å². The summed E-state index contributed by atoms with van der Waals surface area (Å²) in [7, 11) is 0. The monoisotopic (exact) mass is 282 g/mol. The minimum absolute atomic E-state index is 0.0219. The largest absolute Gasteiger partial charge is 0.478 e. The van der Waals surface area contributed by atoms with Gasteiger partial charge < -0.3 is 10.8 Å². The van der Waals surface area contributed by atoms with Gasteiger partial charge in [-0.2, -0.15) is 10.2 Å². The molecule has 2 aromatic carbocycles. The lowest BCUT2D eigenvalue weighted by Gasteiger charge is -2.00. The maximum atomic E-state index is 10.8. The Hall–Kier alpha value is -3.02. The molecule has 21 heavy (non-hydrogen) atoms. The van der Waals surface area contributed by atoms with Gasteiger partial charge in [0.1, 0.15) is 5.84 Å². The molecule has 106 valence electrons. The molecule has 0 fully saturated rings. The number of aromatic carboxylic acids is 1. The van der Waals surface area contributed by atoms with Crippen LogP contribution in [0.25, 0.3) is 0 Å². The first-order chi connectivity index (χ1) is 10.1. The number of nitrogens with one attached hydrogen (secondary N) is 1. The van der Waals surface area contributed by atoms with Crippen LogP contribution in [0.15, 0.2) is 58.8 Å². The zero-order valence-corrected chi connectivity index (χ0v) is 11.2. The number of rotatable bonds is 5. The van der Waals surface area contributed by atoms with Gasteiger partial charge in [0.15, 0.2) is 0 Å². The molecule has 0 unspecified atom stereocenters. The van der Waals surface area contributed by atoms with Crippen LogP contribution in [0.2, 0.25) is 0 Å². The van der Waals surface area contributed by atoms with E-state index >= 15 is 0 Å². The predicted octanol–water partition coefficient (Wildman–Crippen LogP) is 2.95. The molecule has 0 aliphatic carbocycles. The highest BCUT2D eigenvalue weighted by molar-refractivity contribution is 5.94. The Kier molecular flexibility index (Phi) is 4.40. The molecule has 0 aliphatic rings. The molecule has 0 aliphatic heterocycles. The number of benzene rings is 2. The summed E-state index contributed by atoms with van der Waals surface area (Å²) in [5, 5.41) is 24.2. The highest BCUT2D eigenvalue weighted by Crippen LogP contribution is 2.15. The van der Waals surface area contributed by atoms with Crippen molar-refractivity contribution in [2.24, 2.45) is 16.0 Å². The fourth-order valence-electron chi connectivity index (χ4n) is 1.69. The second-order valence-corrected chi connectivity index (χ2v) is 4.37. The van der Waals surface area contributed by atoms with Gasteiger partial charge in [-0.05, 0) is 23.8 Å². The van der Waals surface area contributed by atoms with E-state index < -0.39 is 5.97 Å². The van der Waals surface area contributed by atoms with Crippen molar-refractivity contribution in [3.63, 3.8) is 0 Å². The first-order valence-corrected chi connectivity index (χ1v) is 6.20. The third-order valence-electron chi connectivity index (χ3n) is 2.80. The number of carboxylic acid groups (broad SMARTS) is 1. The molecule has 6 heteroatoms. The lowest BCUT2D eigenvalue weighted by Crippen LogP contribution is -2.10. The molecule has 0 saturated heterocycles. The molecule has 0 atom stereocenters. The van der Waals surface area contributed by atoms with Gasteiger partial charge in [0.05, 0.1) is 17.8 Å². The van der Waals surface area contributed by atoms with Crippen LogP contribution < -0.4 is 5.73 Å². The summed E-state index contributed by atoms with van der Waals surface area (Å²) in [5.41, 5.74) is 7.63. The zero-order valence-electron chi connectivity index (χ0n) is 11.2. The molecule has 0 amide bonds. The number of carboxylic acids is 1. The molecule has 2 aromatic rings. The van der Waals surface area contributed by atoms with E-state index in [9.17, 15) is 4.79 Å². The quantitative estimate of drug-likeness (QED) is 0.445. The van der Waals surface area contributed by atoms with Crippen LogP contribution >= 0.6 is 0 Å². The third kappa shape index (κ3) is 3.97. The average Bonchev–Trinajstić information content (AvgIpc) is 2.48. The van der Waals surface area contributed by atoms with Gasteiger partial charge in [-0.1, -0.05) is 30.3 Å². The summed E-state index contributed by atoms with van der Waals surface area (Å²) >= 11 is 0. The van der Waals surface area contributed by atoms with Crippen molar-refractivity contribution in [1.29, 1.82) is 5.41 Å². The number of nitrogens with zero attached hydrogens (tertiary/aromatic N) is 2. The maximum absolute atomic E-state index is 10.8. The minimum Gasteiger partial charge on any atom is -0.478 e. The molecule has 2 rings (SSSR count). The highest BCUT2D eigenvalue weighted by atomic mass is 16.4. The minimum atomic E-state index is -0.994. The molecule has 0 bridgehead atoms. The van der Waals surface area contributed by atoms with Crippen LogP contribution in [0.4, 0.5) is 5.69 Å². The van der Waals surface area contributed by atoms with Crippen LogP contribution in [-0.2, 0) is 6.54 Å². The maximum Gasteiger partial charge on any atom is 0.335 e. The van der Waals surface area contributed by atoms with Crippen LogP contribution in [-0.4, -0.2) is 16.9 Å². The van der Waals surface area contributed by atoms with Gasteiger partial charge >= 0.3 is 5.97 Å². The Morgan fingerprint density at radius 3 is 2.48 bits per heavy atom. The van der Waals surface area contributed by atoms with Crippen LogP contribution in [0.1, 0.15) is 21.5 Å². The molecule has 6 nitrogen and oxygen atoms in total. The van der Waals surface area contributed by atoms with Gasteiger partial charge in [-0.3, -0.25) is 5.41 Å². The van der Waals surface area contributed by atoms with Crippen LogP contribution in [0.5, 0.6) is 0 Å². The van der Waals surface area contributed by atoms with Crippen LogP contribution in [0, 0.1) is 5.41 Å². The van der Waals surface area contributed by atoms with E-state index in [-0.39, 0.29) is 11.4 Å². The number of carbonyl (C=O) groups is 1. The van der Waals surface area contributed by atoms with Crippen molar-refractivity contribution in [3.05, 3.63) is 65.2 Å². The molecular formula is C15H14N4O2. The zero-order chi connectivity index (χ0) is 15.2. The Morgan fingerprint density at radius 1 is 1.14 bits per heavy atom. The Labute approximate surface area is 121 Å². The lowest BCUT2D eigenvalue weighted by molar-refractivity contribution is 0.0697. The third-order valence-corrected chi connectivity index (χ3v) is 2.80. The topological polar surface area (TPSA) is 112 Å². The van der Waals surface area contributed by atoms with Gasteiger partial charge in [0.2, 0.25) is 0 Å². The number of nitrogens with two attached hydrogens (primary N) is 1. The molecule has 4 N–H and O–H groups in total. The Balaban J connectivity index is 2.03. The predicted molar refractivity (Wildman–Crippen MR) is 79.1 cm³/mol. The highest BCUT2D eigenvalue weighted by Gasteiger charge is 2.02. The fraction of sp³-hybridized carbons (Fsp3) is 0.0667. The van der Waals surface area contributed by atoms with E-state index in [1.807, 2.05) is 12.1 Å². The number of amidine groups is 1. The summed E-state index contributed by atoms with van der Waals surface area (Å²) in [6.07, 6.45) is 0. The number of nitrogen functional groups attached to an aromatic ring is 1. The Bertz CT molecular complexity index is 693. The van der Waals surface area contributed by atoms with Crippen molar-refractivity contribution >= 4 is 17.5 Å². The smallest absolute Gasteiger partial charge is 0.335 e. The second kappa shape index (κ2) is 6.42. The summed E-state index contributed by atoms with van der Waals surface area (Å²) in [4.78, 5) is 10.8. The van der Waals surface area contributed by atoms with Crippen molar-refractivity contribution in [2.45, 2.75) is 6.54 Å². The normalized spacial score (nSPS) is 10.7. The number of hydrogen-bond donors (Lipinski definition) is 3. The van der Waals surface area contributed by atoms with E-state index in [0.717, 1.165) is 5.56 Å². The summed E-state index contributed by atoms with van der Waals surface area (Å²) in [6, 6.07) is 13.4. The van der Waals surface area contributed by atoms with Gasteiger partial charge in [0, 0.05) is 5.56 Å². The van der Waals surface area contributed by atoms with Crippen molar-refractivity contribution in [1.82, 2.24) is 0 Å². The molecule has 0 radical (unpaired) electrons. The average molecular weight is 282 g/mol. The molecule has 0 heterocycles. The van der Waals surface area contributed by atoms with Crippen molar-refractivity contribution in [2.75, 3.05) is 0 Å². The molecule has 0 aromatic heterocycles. The van der Waals surface area contributed by atoms with Gasteiger partial charge in [-0.15, -0.1) is 0 Å².